The summed E-state index contributed by atoms with van der Waals surface area (Å²) in [5.74, 6) is 0.952. The smallest absolute Gasteiger partial charge is 0.258 e. The van der Waals surface area contributed by atoms with Crippen molar-refractivity contribution >= 4 is 40.5 Å². The Morgan fingerprint density at radius 3 is 2.79 bits per heavy atom. The number of pyridine rings is 1. The number of hydrogen-bond donors (Lipinski definition) is 0. The van der Waals surface area contributed by atoms with E-state index in [1.165, 1.54) is 35.4 Å². The summed E-state index contributed by atoms with van der Waals surface area (Å²) < 4.78 is 1.71. The standard InChI is InChI=1S/C10H10N4O2S3/c1-3-17-9-12-13-10(19-9)18-8-6(2)4-7(5-11-8)14(15)16/h4-5H,3H2,1-2H3. The maximum Gasteiger partial charge on any atom is 0.287 e. The van der Waals surface area contributed by atoms with Crippen molar-refractivity contribution in [1.82, 2.24) is 15.2 Å². The molecule has 0 fully saturated rings. The zero-order valence-corrected chi connectivity index (χ0v) is 12.6. The summed E-state index contributed by atoms with van der Waals surface area (Å²) >= 11 is 4.52. The van der Waals surface area contributed by atoms with E-state index in [1.54, 1.807) is 18.7 Å². The van der Waals surface area contributed by atoms with Crippen LogP contribution in [0.4, 0.5) is 5.69 Å². The van der Waals surface area contributed by atoms with E-state index < -0.39 is 4.92 Å². The Bertz CT molecular complexity index is 602. The molecule has 2 heterocycles. The van der Waals surface area contributed by atoms with Crippen molar-refractivity contribution in [2.45, 2.75) is 27.6 Å². The molecule has 0 aliphatic rings. The number of hydrogen-bond acceptors (Lipinski definition) is 8. The van der Waals surface area contributed by atoms with Gasteiger partial charge < -0.3 is 0 Å². The molecule has 0 saturated carbocycles. The zero-order valence-electron chi connectivity index (χ0n) is 10.2. The lowest BCUT2D eigenvalue weighted by Gasteiger charge is -2.00. The van der Waals surface area contributed by atoms with Crippen LogP contribution < -0.4 is 0 Å². The van der Waals surface area contributed by atoms with Crippen molar-refractivity contribution in [1.29, 1.82) is 0 Å². The third-order valence-corrected chi connectivity index (χ3v) is 5.18. The van der Waals surface area contributed by atoms with Gasteiger partial charge in [0.1, 0.15) is 11.2 Å². The molecule has 0 atom stereocenters. The highest BCUT2D eigenvalue weighted by molar-refractivity contribution is 8.03. The lowest BCUT2D eigenvalue weighted by Crippen LogP contribution is -1.92. The van der Waals surface area contributed by atoms with Gasteiger partial charge in [0.2, 0.25) is 0 Å². The molecule has 6 nitrogen and oxygen atoms in total. The van der Waals surface area contributed by atoms with Crippen LogP contribution in [0.5, 0.6) is 0 Å². The van der Waals surface area contributed by atoms with Gasteiger partial charge in [-0.25, -0.2) is 4.98 Å². The van der Waals surface area contributed by atoms with Crippen LogP contribution in [0.15, 0.2) is 26.0 Å². The van der Waals surface area contributed by atoms with E-state index in [1.807, 2.05) is 0 Å². The molecule has 2 aromatic heterocycles. The molecule has 0 N–H and O–H groups in total. The van der Waals surface area contributed by atoms with E-state index >= 15 is 0 Å². The molecule has 0 aromatic carbocycles. The molecule has 0 spiro atoms. The third kappa shape index (κ3) is 3.64. The van der Waals surface area contributed by atoms with Crippen LogP contribution in [0.25, 0.3) is 0 Å². The molecule has 2 aromatic rings. The van der Waals surface area contributed by atoms with Gasteiger partial charge >= 0.3 is 0 Å². The Kier molecular flexibility index (Phi) is 4.72. The molecule has 19 heavy (non-hydrogen) atoms. The van der Waals surface area contributed by atoms with Gasteiger partial charge in [0, 0.05) is 6.07 Å². The molecule has 9 heteroatoms. The van der Waals surface area contributed by atoms with Crippen molar-refractivity contribution in [3.05, 3.63) is 27.9 Å². The Hall–Kier alpha value is -1.19. The lowest BCUT2D eigenvalue weighted by molar-refractivity contribution is -0.385. The van der Waals surface area contributed by atoms with Crippen molar-refractivity contribution in [3.8, 4) is 0 Å². The molecule has 0 saturated heterocycles. The van der Waals surface area contributed by atoms with Crippen LogP contribution in [0.1, 0.15) is 12.5 Å². The minimum Gasteiger partial charge on any atom is -0.258 e. The normalized spacial score (nSPS) is 10.6. The predicted molar refractivity (Wildman–Crippen MR) is 76.1 cm³/mol. The molecule has 0 aliphatic carbocycles. The molecule has 0 radical (unpaired) electrons. The Morgan fingerprint density at radius 2 is 2.16 bits per heavy atom. The first-order chi connectivity index (χ1) is 9.10. The van der Waals surface area contributed by atoms with Crippen molar-refractivity contribution in [2.75, 3.05) is 5.75 Å². The van der Waals surface area contributed by atoms with E-state index in [0.717, 1.165) is 25.0 Å². The maximum atomic E-state index is 10.6. The van der Waals surface area contributed by atoms with E-state index in [0.29, 0.717) is 0 Å². The van der Waals surface area contributed by atoms with E-state index in [9.17, 15) is 10.1 Å². The monoisotopic (exact) mass is 314 g/mol. The predicted octanol–water partition coefficient (Wildman–Crippen LogP) is 3.41. The van der Waals surface area contributed by atoms with Gasteiger partial charge in [-0.1, -0.05) is 30.0 Å². The second-order valence-electron chi connectivity index (χ2n) is 3.44. The summed E-state index contributed by atoms with van der Waals surface area (Å²) in [4.78, 5) is 14.3. The fourth-order valence-corrected chi connectivity index (χ4v) is 4.11. The highest BCUT2D eigenvalue weighted by Crippen LogP contribution is 2.34. The quantitative estimate of drug-likeness (QED) is 0.475. The first-order valence-corrected chi connectivity index (χ1v) is 7.97. The second kappa shape index (κ2) is 6.31. The Labute approximate surface area is 122 Å². The summed E-state index contributed by atoms with van der Waals surface area (Å²) in [5.41, 5.74) is 0.764. The average Bonchev–Trinajstić information content (AvgIpc) is 2.79. The third-order valence-electron chi connectivity index (χ3n) is 2.07. The van der Waals surface area contributed by atoms with Gasteiger partial charge in [0.15, 0.2) is 8.68 Å². The number of aromatic nitrogens is 3. The average molecular weight is 314 g/mol. The number of thioether (sulfide) groups is 1. The fraction of sp³-hybridized carbons (Fsp3) is 0.300. The molecular weight excluding hydrogens is 304 g/mol. The van der Waals surface area contributed by atoms with Gasteiger partial charge in [-0.05, 0) is 30.0 Å². The first kappa shape index (κ1) is 14.2. The van der Waals surface area contributed by atoms with Crippen LogP contribution in [-0.4, -0.2) is 25.9 Å². The SMILES string of the molecule is CCSc1nnc(Sc2ncc([N+](=O)[O-])cc2C)s1. The van der Waals surface area contributed by atoms with Crippen molar-refractivity contribution in [3.63, 3.8) is 0 Å². The number of nitro groups is 1. The minimum atomic E-state index is -0.449. The highest BCUT2D eigenvalue weighted by atomic mass is 32.2. The van der Waals surface area contributed by atoms with Crippen LogP contribution in [0, 0.1) is 17.0 Å². The van der Waals surface area contributed by atoms with Gasteiger partial charge in [0.05, 0.1) is 4.92 Å². The van der Waals surface area contributed by atoms with Crippen molar-refractivity contribution in [2.24, 2.45) is 0 Å². The Morgan fingerprint density at radius 1 is 1.42 bits per heavy atom. The summed E-state index contributed by atoms with van der Waals surface area (Å²) in [5, 5.41) is 19.5. The molecule has 0 bridgehead atoms. The van der Waals surface area contributed by atoms with E-state index in [4.69, 9.17) is 0 Å². The molecule has 0 amide bonds. The summed E-state index contributed by atoms with van der Waals surface area (Å²) in [6.45, 7) is 3.85. The second-order valence-corrected chi connectivity index (χ2v) is 7.17. The van der Waals surface area contributed by atoms with Crippen LogP contribution in [0.3, 0.4) is 0 Å². The molecule has 0 aliphatic heterocycles. The minimum absolute atomic E-state index is 0.00124. The van der Waals surface area contributed by atoms with Gasteiger partial charge in [-0.3, -0.25) is 10.1 Å². The number of rotatable bonds is 5. The van der Waals surface area contributed by atoms with Gasteiger partial charge in [0.25, 0.3) is 5.69 Å². The summed E-state index contributed by atoms with van der Waals surface area (Å²) in [6, 6.07) is 1.51. The fourth-order valence-electron chi connectivity index (χ4n) is 1.26. The maximum absolute atomic E-state index is 10.6. The molecule has 0 unspecified atom stereocenters. The number of nitrogens with zero attached hydrogens (tertiary/aromatic N) is 4. The summed E-state index contributed by atoms with van der Waals surface area (Å²) in [6.07, 6.45) is 1.26. The summed E-state index contributed by atoms with van der Waals surface area (Å²) in [7, 11) is 0. The zero-order chi connectivity index (χ0) is 13.8. The van der Waals surface area contributed by atoms with Gasteiger partial charge in [-0.2, -0.15) is 0 Å². The van der Waals surface area contributed by atoms with E-state index in [-0.39, 0.29) is 5.69 Å². The number of aryl methyl sites for hydroxylation is 1. The largest absolute Gasteiger partial charge is 0.287 e. The topological polar surface area (TPSA) is 81.8 Å². The van der Waals surface area contributed by atoms with Crippen LogP contribution in [0.2, 0.25) is 0 Å². The van der Waals surface area contributed by atoms with Gasteiger partial charge in [-0.15, -0.1) is 10.2 Å². The van der Waals surface area contributed by atoms with Crippen molar-refractivity contribution < 1.29 is 4.92 Å². The molecule has 2 rings (SSSR count). The van der Waals surface area contributed by atoms with Crippen LogP contribution >= 0.6 is 34.9 Å². The Balaban J connectivity index is 2.16. The first-order valence-electron chi connectivity index (χ1n) is 5.35. The highest BCUT2D eigenvalue weighted by Gasteiger charge is 2.13. The lowest BCUT2D eigenvalue weighted by atomic mass is 10.3. The molecular formula is C10H10N4O2S3. The van der Waals surface area contributed by atoms with E-state index in [2.05, 4.69) is 22.1 Å². The molecule has 100 valence electrons. The van der Waals surface area contributed by atoms with Crippen LogP contribution in [-0.2, 0) is 0 Å².